The van der Waals surface area contributed by atoms with Crippen molar-refractivity contribution in [1.29, 1.82) is 0 Å². The van der Waals surface area contributed by atoms with Gasteiger partial charge in [0.05, 0.1) is 22.3 Å². The Morgan fingerprint density at radius 3 is 2.95 bits per heavy atom. The van der Waals surface area contributed by atoms with Crippen LogP contribution in [0.3, 0.4) is 0 Å². The van der Waals surface area contributed by atoms with Gasteiger partial charge < -0.3 is 0 Å². The van der Waals surface area contributed by atoms with Crippen LogP contribution in [0.25, 0.3) is 16.8 Å². The molecule has 0 aliphatic heterocycles. The van der Waals surface area contributed by atoms with E-state index in [1.54, 1.807) is 0 Å². The van der Waals surface area contributed by atoms with E-state index in [1.807, 2.05) is 34.9 Å². The van der Waals surface area contributed by atoms with Crippen LogP contribution in [0.4, 0.5) is 0 Å². The Bertz CT molecular complexity index is 819. The number of carbonyl (C=O) groups excluding carboxylic acids is 1. The van der Waals surface area contributed by atoms with Crippen molar-refractivity contribution < 1.29 is 4.79 Å². The van der Waals surface area contributed by atoms with E-state index in [2.05, 4.69) is 16.9 Å². The molecule has 0 amide bonds. The van der Waals surface area contributed by atoms with E-state index in [-0.39, 0.29) is 5.78 Å². The Morgan fingerprint density at radius 2 is 2.05 bits per heavy atom. The molecule has 0 saturated carbocycles. The first-order valence-corrected chi connectivity index (χ1v) is 6.52. The molecule has 0 radical (unpaired) electrons. The molecule has 1 aromatic carbocycles. The minimum Gasteiger partial charge on any atom is -0.294 e. The van der Waals surface area contributed by atoms with E-state index >= 15 is 0 Å². The van der Waals surface area contributed by atoms with Crippen molar-refractivity contribution in [3.05, 3.63) is 41.7 Å². The van der Waals surface area contributed by atoms with Gasteiger partial charge in [0.2, 0.25) is 5.78 Å². The van der Waals surface area contributed by atoms with E-state index in [1.165, 1.54) is 0 Å². The first-order valence-electron chi connectivity index (χ1n) is 6.52. The molecule has 1 aliphatic rings. The molecule has 0 spiro atoms. The van der Waals surface area contributed by atoms with Gasteiger partial charge >= 0.3 is 0 Å². The van der Waals surface area contributed by atoms with Gasteiger partial charge in [0.15, 0.2) is 5.78 Å². The molecule has 1 atom stereocenters. The molecular formula is C15H13N3O. The van der Waals surface area contributed by atoms with Gasteiger partial charge in [-0.25, -0.2) is 9.97 Å². The number of rotatable bonds is 0. The van der Waals surface area contributed by atoms with Crippen LogP contribution in [0.2, 0.25) is 0 Å². The van der Waals surface area contributed by atoms with Crippen molar-refractivity contribution in [3.63, 3.8) is 0 Å². The maximum Gasteiger partial charge on any atom is 0.235 e. The molecule has 2 heterocycles. The van der Waals surface area contributed by atoms with Gasteiger partial charge in [-0.3, -0.25) is 9.20 Å². The standard InChI is InChI=1S/C15H13N3O/c1-9-6-12-10(14(19)7-9)8-18-13-5-3-2-4-11(13)16-15(18)17-12/h2-5,8-9H,6-7H2,1H3/t9-/m0/s1. The first-order chi connectivity index (χ1) is 9.22. The minimum atomic E-state index is 0.195. The predicted molar refractivity (Wildman–Crippen MR) is 72.3 cm³/mol. The predicted octanol–water partition coefficient (Wildman–Crippen LogP) is 2.65. The van der Waals surface area contributed by atoms with Gasteiger partial charge in [0, 0.05) is 12.6 Å². The normalized spacial score (nSPS) is 19.0. The topological polar surface area (TPSA) is 47.3 Å². The number of fused-ring (bicyclic) bond motifs is 4. The number of nitrogens with zero attached hydrogens (tertiary/aromatic N) is 3. The lowest BCUT2D eigenvalue weighted by atomic mass is 9.88. The number of hydrogen-bond donors (Lipinski definition) is 0. The van der Waals surface area contributed by atoms with E-state index in [0.29, 0.717) is 18.1 Å². The number of para-hydroxylation sites is 2. The largest absolute Gasteiger partial charge is 0.294 e. The Labute approximate surface area is 110 Å². The SMILES string of the molecule is C[C@@H]1CC(=O)c2cn3c(nc2C1)nc1ccccc13. The summed E-state index contributed by atoms with van der Waals surface area (Å²) in [4.78, 5) is 21.2. The average Bonchev–Trinajstić information content (AvgIpc) is 2.74. The van der Waals surface area contributed by atoms with Crippen LogP contribution in [0.1, 0.15) is 29.4 Å². The van der Waals surface area contributed by atoms with Gasteiger partial charge in [-0.2, -0.15) is 0 Å². The molecular weight excluding hydrogens is 238 g/mol. The molecule has 1 aliphatic carbocycles. The summed E-state index contributed by atoms with van der Waals surface area (Å²) in [7, 11) is 0. The average molecular weight is 251 g/mol. The summed E-state index contributed by atoms with van der Waals surface area (Å²) in [5, 5.41) is 0. The third-order valence-corrected chi connectivity index (χ3v) is 3.76. The van der Waals surface area contributed by atoms with Crippen LogP contribution >= 0.6 is 0 Å². The third-order valence-electron chi connectivity index (χ3n) is 3.76. The summed E-state index contributed by atoms with van der Waals surface area (Å²) < 4.78 is 1.92. The molecule has 0 saturated heterocycles. The van der Waals surface area contributed by atoms with Crippen molar-refractivity contribution in [2.24, 2.45) is 5.92 Å². The molecule has 4 nitrogen and oxygen atoms in total. The number of aromatic nitrogens is 3. The Morgan fingerprint density at radius 1 is 1.21 bits per heavy atom. The van der Waals surface area contributed by atoms with Crippen molar-refractivity contribution in [3.8, 4) is 0 Å². The van der Waals surface area contributed by atoms with Gasteiger partial charge in [0.25, 0.3) is 0 Å². The summed E-state index contributed by atoms with van der Waals surface area (Å²) in [6.45, 7) is 2.09. The number of ketones is 1. The molecule has 0 fully saturated rings. The highest BCUT2D eigenvalue weighted by Crippen LogP contribution is 2.25. The van der Waals surface area contributed by atoms with E-state index in [0.717, 1.165) is 28.7 Å². The molecule has 4 rings (SSSR count). The monoisotopic (exact) mass is 251 g/mol. The number of benzene rings is 1. The summed E-state index contributed by atoms with van der Waals surface area (Å²) >= 11 is 0. The van der Waals surface area contributed by atoms with Gasteiger partial charge in [-0.05, 0) is 24.5 Å². The maximum atomic E-state index is 12.1. The lowest BCUT2D eigenvalue weighted by Gasteiger charge is -2.19. The molecule has 0 bridgehead atoms. The summed E-state index contributed by atoms with van der Waals surface area (Å²) in [5.74, 6) is 1.25. The highest BCUT2D eigenvalue weighted by Gasteiger charge is 2.24. The Hall–Kier alpha value is -2.23. The molecule has 19 heavy (non-hydrogen) atoms. The van der Waals surface area contributed by atoms with E-state index in [9.17, 15) is 4.79 Å². The van der Waals surface area contributed by atoms with Crippen LogP contribution in [-0.4, -0.2) is 20.2 Å². The number of imidazole rings is 1. The van der Waals surface area contributed by atoms with Crippen LogP contribution in [0, 0.1) is 5.92 Å². The third kappa shape index (κ3) is 1.49. The smallest absolute Gasteiger partial charge is 0.235 e. The first kappa shape index (κ1) is 10.7. The van der Waals surface area contributed by atoms with Gasteiger partial charge in [-0.15, -0.1) is 0 Å². The lowest BCUT2D eigenvalue weighted by molar-refractivity contribution is 0.0951. The number of hydrogen-bond acceptors (Lipinski definition) is 3. The minimum absolute atomic E-state index is 0.195. The van der Waals surface area contributed by atoms with Crippen molar-refractivity contribution in [2.75, 3.05) is 0 Å². The zero-order valence-electron chi connectivity index (χ0n) is 10.6. The van der Waals surface area contributed by atoms with Crippen molar-refractivity contribution >= 4 is 22.6 Å². The van der Waals surface area contributed by atoms with Crippen molar-refractivity contribution in [1.82, 2.24) is 14.4 Å². The Kier molecular flexibility index (Phi) is 2.04. The van der Waals surface area contributed by atoms with Crippen LogP contribution in [-0.2, 0) is 6.42 Å². The maximum absolute atomic E-state index is 12.1. The second-order valence-electron chi connectivity index (χ2n) is 5.31. The fourth-order valence-corrected chi connectivity index (χ4v) is 2.84. The van der Waals surface area contributed by atoms with Gasteiger partial charge in [-0.1, -0.05) is 19.1 Å². The molecule has 3 aromatic rings. The van der Waals surface area contributed by atoms with E-state index < -0.39 is 0 Å². The second-order valence-corrected chi connectivity index (χ2v) is 5.31. The van der Waals surface area contributed by atoms with Crippen LogP contribution < -0.4 is 0 Å². The second kappa shape index (κ2) is 3.63. The van der Waals surface area contributed by atoms with Crippen molar-refractivity contribution in [2.45, 2.75) is 19.8 Å². The molecule has 94 valence electrons. The Balaban J connectivity index is 2.08. The zero-order chi connectivity index (χ0) is 13.0. The highest BCUT2D eigenvalue weighted by molar-refractivity contribution is 5.98. The molecule has 0 N–H and O–H groups in total. The van der Waals surface area contributed by atoms with Gasteiger partial charge in [0.1, 0.15) is 0 Å². The lowest BCUT2D eigenvalue weighted by Crippen LogP contribution is -2.20. The quantitative estimate of drug-likeness (QED) is 0.617. The summed E-state index contributed by atoms with van der Waals surface area (Å²) in [6, 6.07) is 7.90. The number of carbonyl (C=O) groups is 1. The molecule has 0 unspecified atom stereocenters. The van der Waals surface area contributed by atoms with Crippen LogP contribution in [0.15, 0.2) is 30.5 Å². The fourth-order valence-electron chi connectivity index (χ4n) is 2.84. The molecule has 2 aromatic heterocycles. The zero-order valence-corrected chi connectivity index (χ0v) is 10.6. The summed E-state index contributed by atoms with van der Waals surface area (Å²) in [6.07, 6.45) is 3.38. The highest BCUT2D eigenvalue weighted by atomic mass is 16.1. The molecule has 4 heteroatoms. The summed E-state index contributed by atoms with van der Waals surface area (Å²) in [5.41, 5.74) is 3.57. The van der Waals surface area contributed by atoms with Crippen LogP contribution in [0.5, 0.6) is 0 Å². The fraction of sp³-hybridized carbons (Fsp3) is 0.267. The number of Topliss-reactive ketones (excluding diaryl/α,β-unsaturated/α-hetero) is 1. The van der Waals surface area contributed by atoms with E-state index in [4.69, 9.17) is 0 Å².